The van der Waals surface area contributed by atoms with E-state index in [0.29, 0.717) is 11.1 Å². The molecule has 3 aromatic rings. The molecule has 0 fully saturated rings. The lowest BCUT2D eigenvalue weighted by Gasteiger charge is -2.12. The minimum absolute atomic E-state index is 0.107. The molecule has 8 heteroatoms. The largest absolute Gasteiger partial charge is 0.467 e. The van der Waals surface area contributed by atoms with E-state index in [9.17, 15) is 13.2 Å². The van der Waals surface area contributed by atoms with Crippen molar-refractivity contribution in [3.8, 4) is 0 Å². The summed E-state index contributed by atoms with van der Waals surface area (Å²) in [5.41, 5.74) is 0.215. The summed E-state index contributed by atoms with van der Waals surface area (Å²) in [5, 5.41) is 3.36. The molecular formula is C14H9BrF3N3O. The Morgan fingerprint density at radius 3 is 2.68 bits per heavy atom. The molecule has 1 aromatic carbocycles. The summed E-state index contributed by atoms with van der Waals surface area (Å²) in [6.45, 7) is 0.225. The second-order valence-electron chi connectivity index (χ2n) is 4.49. The fourth-order valence-corrected chi connectivity index (χ4v) is 2.31. The van der Waals surface area contributed by atoms with Gasteiger partial charge in [-0.2, -0.15) is 13.2 Å². The molecule has 1 N–H and O–H groups in total. The standard InChI is InChI=1S/C14H9BrF3N3O/c15-8-3-4-11-10(6-8)12(19-7-9-2-1-5-22-9)21-13(20-11)14(16,17)18/h1-6H,7H2,(H,19,20,21). The molecule has 114 valence electrons. The van der Waals surface area contributed by atoms with Gasteiger partial charge in [0.1, 0.15) is 11.6 Å². The minimum atomic E-state index is -4.61. The third kappa shape index (κ3) is 3.06. The van der Waals surface area contributed by atoms with Gasteiger partial charge in [-0.15, -0.1) is 0 Å². The van der Waals surface area contributed by atoms with Crippen LogP contribution in [0.3, 0.4) is 0 Å². The van der Waals surface area contributed by atoms with Crippen LogP contribution in [0.25, 0.3) is 10.9 Å². The van der Waals surface area contributed by atoms with Crippen LogP contribution in [0.2, 0.25) is 0 Å². The zero-order valence-electron chi connectivity index (χ0n) is 11.0. The van der Waals surface area contributed by atoms with Gasteiger partial charge < -0.3 is 9.73 Å². The zero-order chi connectivity index (χ0) is 15.7. The van der Waals surface area contributed by atoms with Crippen molar-refractivity contribution in [3.63, 3.8) is 0 Å². The molecule has 4 nitrogen and oxygen atoms in total. The van der Waals surface area contributed by atoms with Crippen LogP contribution in [-0.4, -0.2) is 9.97 Å². The van der Waals surface area contributed by atoms with Gasteiger partial charge in [0.05, 0.1) is 18.3 Å². The van der Waals surface area contributed by atoms with E-state index in [1.54, 1.807) is 24.3 Å². The van der Waals surface area contributed by atoms with Gasteiger partial charge >= 0.3 is 6.18 Å². The molecule has 0 atom stereocenters. The SMILES string of the molecule is FC(F)(F)c1nc(NCc2ccco2)c2cc(Br)ccc2n1. The second-order valence-corrected chi connectivity index (χ2v) is 5.40. The monoisotopic (exact) mass is 371 g/mol. The number of nitrogens with one attached hydrogen (secondary N) is 1. The van der Waals surface area contributed by atoms with Gasteiger partial charge in [0.15, 0.2) is 0 Å². The van der Waals surface area contributed by atoms with Crippen LogP contribution in [0, 0.1) is 0 Å². The van der Waals surface area contributed by atoms with E-state index in [0.717, 1.165) is 4.47 Å². The molecule has 0 saturated heterocycles. The third-order valence-corrected chi connectivity index (χ3v) is 3.41. The Balaban J connectivity index is 2.06. The average molecular weight is 372 g/mol. The van der Waals surface area contributed by atoms with Crippen molar-refractivity contribution in [2.45, 2.75) is 12.7 Å². The van der Waals surface area contributed by atoms with E-state index in [1.807, 2.05) is 0 Å². The van der Waals surface area contributed by atoms with Crippen LogP contribution in [0.4, 0.5) is 19.0 Å². The zero-order valence-corrected chi connectivity index (χ0v) is 12.6. The van der Waals surface area contributed by atoms with Gasteiger partial charge in [-0.25, -0.2) is 9.97 Å². The lowest BCUT2D eigenvalue weighted by atomic mass is 10.2. The number of nitrogens with zero attached hydrogens (tertiary/aromatic N) is 2. The first-order valence-corrected chi connectivity index (χ1v) is 7.03. The van der Waals surface area contributed by atoms with E-state index in [4.69, 9.17) is 4.42 Å². The number of benzene rings is 1. The van der Waals surface area contributed by atoms with Gasteiger partial charge in [-0.1, -0.05) is 15.9 Å². The Bertz CT molecular complexity index is 803. The normalized spacial score (nSPS) is 11.8. The number of hydrogen-bond acceptors (Lipinski definition) is 4. The second kappa shape index (κ2) is 5.60. The first-order valence-electron chi connectivity index (χ1n) is 6.24. The van der Waals surface area contributed by atoms with E-state index in [2.05, 4.69) is 31.2 Å². The van der Waals surface area contributed by atoms with Crippen LogP contribution in [0.15, 0.2) is 45.5 Å². The fraction of sp³-hybridized carbons (Fsp3) is 0.143. The van der Waals surface area contributed by atoms with Crippen molar-refractivity contribution in [2.24, 2.45) is 0 Å². The Morgan fingerprint density at radius 2 is 2.00 bits per heavy atom. The predicted octanol–water partition coefficient (Wildman–Crippen LogP) is 4.62. The van der Waals surface area contributed by atoms with Crippen molar-refractivity contribution >= 4 is 32.7 Å². The van der Waals surface area contributed by atoms with Crippen molar-refractivity contribution < 1.29 is 17.6 Å². The molecular weight excluding hydrogens is 363 g/mol. The van der Waals surface area contributed by atoms with Gasteiger partial charge in [0, 0.05) is 9.86 Å². The van der Waals surface area contributed by atoms with Crippen LogP contribution >= 0.6 is 15.9 Å². The molecule has 0 unspecified atom stereocenters. The lowest BCUT2D eigenvalue weighted by Crippen LogP contribution is -2.13. The first-order chi connectivity index (χ1) is 10.4. The highest BCUT2D eigenvalue weighted by atomic mass is 79.9. The lowest BCUT2D eigenvalue weighted by molar-refractivity contribution is -0.144. The maximum atomic E-state index is 12.9. The number of hydrogen-bond donors (Lipinski definition) is 1. The molecule has 3 rings (SSSR count). The summed E-state index contributed by atoms with van der Waals surface area (Å²) in [6, 6.07) is 8.23. The number of anilines is 1. The van der Waals surface area contributed by atoms with Gasteiger partial charge in [-0.3, -0.25) is 0 Å². The molecule has 0 spiro atoms. The Kier molecular flexibility index (Phi) is 3.78. The van der Waals surface area contributed by atoms with Crippen LogP contribution in [0.5, 0.6) is 0 Å². The molecule has 0 aliphatic heterocycles. The highest BCUT2D eigenvalue weighted by molar-refractivity contribution is 9.10. The van der Waals surface area contributed by atoms with E-state index in [-0.39, 0.29) is 17.9 Å². The quantitative estimate of drug-likeness (QED) is 0.729. The smallest absolute Gasteiger partial charge is 0.451 e. The number of fused-ring (bicyclic) bond motifs is 1. The van der Waals surface area contributed by atoms with Gasteiger partial charge in [0.2, 0.25) is 5.82 Å². The average Bonchev–Trinajstić information content (AvgIpc) is 2.97. The number of rotatable bonds is 3. The molecule has 0 bridgehead atoms. The van der Waals surface area contributed by atoms with E-state index < -0.39 is 12.0 Å². The molecule has 22 heavy (non-hydrogen) atoms. The summed E-state index contributed by atoms with van der Waals surface area (Å²) in [5.74, 6) is -0.477. The summed E-state index contributed by atoms with van der Waals surface area (Å²) < 4.78 is 44.6. The summed E-state index contributed by atoms with van der Waals surface area (Å²) in [7, 11) is 0. The van der Waals surface area contributed by atoms with Gasteiger partial charge in [-0.05, 0) is 30.3 Å². The minimum Gasteiger partial charge on any atom is -0.467 e. The van der Waals surface area contributed by atoms with Crippen LogP contribution in [0.1, 0.15) is 11.6 Å². The maximum absolute atomic E-state index is 12.9. The third-order valence-electron chi connectivity index (χ3n) is 2.92. The Labute approximate surface area is 131 Å². The Hall–Kier alpha value is -2.09. The summed E-state index contributed by atoms with van der Waals surface area (Å²) in [4.78, 5) is 7.18. The first kappa shape index (κ1) is 14.8. The molecule has 2 aromatic heterocycles. The number of halogens is 4. The molecule has 2 heterocycles. The number of alkyl halides is 3. The highest BCUT2D eigenvalue weighted by Gasteiger charge is 2.35. The molecule has 0 saturated carbocycles. The molecule has 0 aliphatic carbocycles. The van der Waals surface area contributed by atoms with Gasteiger partial charge in [0.25, 0.3) is 0 Å². The highest BCUT2D eigenvalue weighted by Crippen LogP contribution is 2.31. The molecule has 0 radical (unpaired) electrons. The fourth-order valence-electron chi connectivity index (χ4n) is 1.95. The number of aromatic nitrogens is 2. The van der Waals surface area contributed by atoms with Crippen LogP contribution in [-0.2, 0) is 12.7 Å². The Morgan fingerprint density at radius 1 is 1.18 bits per heavy atom. The predicted molar refractivity (Wildman–Crippen MR) is 78.3 cm³/mol. The maximum Gasteiger partial charge on any atom is 0.451 e. The number of furan rings is 1. The molecule has 0 aliphatic rings. The van der Waals surface area contributed by atoms with Crippen molar-refractivity contribution in [2.75, 3.05) is 5.32 Å². The molecule has 0 amide bonds. The van der Waals surface area contributed by atoms with Crippen molar-refractivity contribution in [1.82, 2.24) is 9.97 Å². The summed E-state index contributed by atoms with van der Waals surface area (Å²) in [6.07, 6.45) is -3.12. The topological polar surface area (TPSA) is 51.0 Å². The van der Waals surface area contributed by atoms with Crippen LogP contribution < -0.4 is 5.32 Å². The van der Waals surface area contributed by atoms with E-state index >= 15 is 0 Å². The van der Waals surface area contributed by atoms with Crippen molar-refractivity contribution in [1.29, 1.82) is 0 Å². The van der Waals surface area contributed by atoms with Crippen molar-refractivity contribution in [3.05, 3.63) is 52.7 Å². The van der Waals surface area contributed by atoms with E-state index in [1.165, 1.54) is 12.3 Å². The summed E-state index contributed by atoms with van der Waals surface area (Å²) >= 11 is 3.29.